The van der Waals surface area contributed by atoms with Crippen LogP contribution >= 0.6 is 22.7 Å². The highest BCUT2D eigenvalue weighted by Gasteiger charge is 2.23. The molecule has 2 aromatic heterocycles. The topological polar surface area (TPSA) is 40.5 Å². The summed E-state index contributed by atoms with van der Waals surface area (Å²) in [4.78, 5) is 0. The van der Waals surface area contributed by atoms with Gasteiger partial charge in [0.2, 0.25) is 0 Å². The van der Waals surface area contributed by atoms with E-state index in [9.17, 15) is 10.0 Å². The van der Waals surface area contributed by atoms with E-state index < -0.39 is 7.12 Å². The molecule has 0 aliphatic carbocycles. The van der Waals surface area contributed by atoms with E-state index >= 15 is 0 Å². The van der Waals surface area contributed by atoms with Crippen molar-refractivity contribution in [2.45, 2.75) is 155 Å². The summed E-state index contributed by atoms with van der Waals surface area (Å²) in [7, 11) is -1.33. The van der Waals surface area contributed by atoms with Gasteiger partial charge >= 0.3 is 7.12 Å². The maximum atomic E-state index is 10.0. The summed E-state index contributed by atoms with van der Waals surface area (Å²) in [5, 5.41) is 22.4. The lowest BCUT2D eigenvalue weighted by atomic mass is 9.84. The number of aryl methyl sites for hydroxylation is 2. The van der Waals surface area contributed by atoms with E-state index in [1.165, 1.54) is 143 Å². The SMILES string of the molecule is CCCCCCCCCCCCc1csc2c(CCCCCCCCCCCC)c(B(O)O)sc12. The van der Waals surface area contributed by atoms with Crippen LogP contribution in [-0.2, 0) is 12.8 Å². The lowest BCUT2D eigenvalue weighted by molar-refractivity contribution is 0.426. The van der Waals surface area contributed by atoms with E-state index in [2.05, 4.69) is 19.2 Å². The molecule has 0 aliphatic rings. The number of unbranched alkanes of at least 4 members (excludes halogenated alkanes) is 18. The molecule has 0 amide bonds. The Morgan fingerprint density at radius 2 is 1.00 bits per heavy atom. The molecule has 200 valence electrons. The highest BCUT2D eigenvalue weighted by Crippen LogP contribution is 2.35. The monoisotopic (exact) mass is 520 g/mol. The number of thiophene rings is 2. The zero-order valence-electron chi connectivity index (χ0n) is 22.9. The molecule has 0 spiro atoms. The molecule has 2 rings (SSSR count). The highest BCUT2D eigenvalue weighted by molar-refractivity contribution is 7.33. The summed E-state index contributed by atoms with van der Waals surface area (Å²) in [6.45, 7) is 4.56. The lowest BCUT2D eigenvalue weighted by Crippen LogP contribution is -2.29. The normalized spacial score (nSPS) is 11.7. The van der Waals surface area contributed by atoms with Gasteiger partial charge in [-0.15, -0.1) is 22.7 Å². The molecule has 2 aromatic rings. The third kappa shape index (κ3) is 12.2. The van der Waals surface area contributed by atoms with Crippen molar-refractivity contribution in [3.05, 3.63) is 16.5 Å². The second kappa shape index (κ2) is 19.7. The van der Waals surface area contributed by atoms with E-state index in [0.717, 1.165) is 24.0 Å². The van der Waals surface area contributed by atoms with Crippen molar-refractivity contribution in [1.82, 2.24) is 0 Å². The fraction of sp³-hybridized carbons (Fsp3) is 0.800. The maximum Gasteiger partial charge on any atom is 0.499 e. The van der Waals surface area contributed by atoms with Gasteiger partial charge in [0.1, 0.15) is 0 Å². The Labute approximate surface area is 225 Å². The Morgan fingerprint density at radius 1 is 0.571 bits per heavy atom. The molecule has 0 saturated heterocycles. The van der Waals surface area contributed by atoms with Gasteiger partial charge in [0, 0.05) is 14.2 Å². The third-order valence-electron chi connectivity index (χ3n) is 7.41. The third-order valence-corrected chi connectivity index (χ3v) is 9.98. The van der Waals surface area contributed by atoms with Crippen molar-refractivity contribution < 1.29 is 10.0 Å². The predicted octanol–water partition coefficient (Wildman–Crippen LogP) is 9.57. The molecular formula is C30H53BO2S2. The van der Waals surface area contributed by atoms with E-state index in [1.807, 2.05) is 11.3 Å². The minimum Gasteiger partial charge on any atom is -0.423 e. The van der Waals surface area contributed by atoms with E-state index in [0.29, 0.717) is 0 Å². The van der Waals surface area contributed by atoms with Gasteiger partial charge in [-0.3, -0.25) is 0 Å². The van der Waals surface area contributed by atoms with Crippen LogP contribution in [0.25, 0.3) is 9.40 Å². The van der Waals surface area contributed by atoms with E-state index in [1.54, 1.807) is 11.3 Å². The van der Waals surface area contributed by atoms with Crippen molar-refractivity contribution in [2.24, 2.45) is 0 Å². The quantitative estimate of drug-likeness (QED) is 0.113. The standard InChI is InChI=1S/C30H53BO2S2/c1-3-5-7-9-11-13-15-17-19-21-23-26-25-34-29-27(30(31(32)33)35-28(26)29)24-22-20-18-16-14-12-10-8-6-4-2/h25,32-33H,3-24H2,1-2H3. The first-order valence-corrected chi connectivity index (χ1v) is 16.8. The number of hydrogen-bond acceptors (Lipinski definition) is 4. The Hall–Kier alpha value is -0.355. The Morgan fingerprint density at radius 3 is 1.46 bits per heavy atom. The van der Waals surface area contributed by atoms with Crippen molar-refractivity contribution >= 4 is 44.0 Å². The molecule has 0 fully saturated rings. The van der Waals surface area contributed by atoms with Crippen LogP contribution in [0.3, 0.4) is 0 Å². The molecule has 0 saturated carbocycles. The zero-order chi connectivity index (χ0) is 25.1. The van der Waals surface area contributed by atoms with Crippen LogP contribution in [0.15, 0.2) is 5.38 Å². The molecule has 0 unspecified atom stereocenters. The first-order chi connectivity index (χ1) is 17.2. The first kappa shape index (κ1) is 30.9. The predicted molar refractivity (Wildman–Crippen MR) is 161 cm³/mol. The van der Waals surface area contributed by atoms with E-state index in [-0.39, 0.29) is 0 Å². The molecule has 0 radical (unpaired) electrons. The average Bonchev–Trinajstić information content (AvgIpc) is 3.41. The molecule has 5 heteroatoms. The van der Waals surface area contributed by atoms with Gasteiger partial charge in [0.15, 0.2) is 0 Å². The summed E-state index contributed by atoms with van der Waals surface area (Å²) >= 11 is 3.47. The van der Waals surface area contributed by atoms with E-state index in [4.69, 9.17) is 0 Å². The highest BCUT2D eigenvalue weighted by atomic mass is 32.1. The number of fused-ring (bicyclic) bond motifs is 1. The fourth-order valence-electron chi connectivity index (χ4n) is 5.20. The molecular weight excluding hydrogens is 467 g/mol. The Balaban J connectivity index is 1.69. The minimum absolute atomic E-state index is 0.798. The summed E-state index contributed by atoms with van der Waals surface area (Å²) in [6, 6.07) is 0. The largest absolute Gasteiger partial charge is 0.499 e. The van der Waals surface area contributed by atoms with Gasteiger partial charge < -0.3 is 10.0 Å². The minimum atomic E-state index is -1.33. The fourth-order valence-corrected chi connectivity index (χ4v) is 7.85. The van der Waals surface area contributed by atoms with Crippen LogP contribution in [0.1, 0.15) is 153 Å². The summed E-state index contributed by atoms with van der Waals surface area (Å²) < 4.78 is 3.46. The Kier molecular flexibility index (Phi) is 17.4. The van der Waals surface area contributed by atoms with Crippen molar-refractivity contribution in [1.29, 1.82) is 0 Å². The number of rotatable bonds is 23. The van der Waals surface area contributed by atoms with Crippen LogP contribution in [0.5, 0.6) is 0 Å². The second-order valence-corrected chi connectivity index (χ2v) is 12.5. The Bertz CT molecular complexity index is 768. The van der Waals surface area contributed by atoms with Crippen molar-refractivity contribution in [3.63, 3.8) is 0 Å². The molecule has 2 N–H and O–H groups in total. The van der Waals surface area contributed by atoms with Crippen LogP contribution in [-0.4, -0.2) is 17.2 Å². The van der Waals surface area contributed by atoms with Gasteiger partial charge in [-0.1, -0.05) is 129 Å². The molecule has 0 aromatic carbocycles. The van der Waals surface area contributed by atoms with Gasteiger partial charge in [0.25, 0.3) is 0 Å². The second-order valence-electron chi connectivity index (χ2n) is 10.6. The summed E-state index contributed by atoms with van der Waals surface area (Å²) in [5.41, 5.74) is 2.66. The summed E-state index contributed by atoms with van der Waals surface area (Å²) in [5.74, 6) is 0. The summed E-state index contributed by atoms with van der Waals surface area (Å²) in [6.07, 6.45) is 29.2. The van der Waals surface area contributed by atoms with Crippen LogP contribution in [0.2, 0.25) is 0 Å². The molecule has 35 heavy (non-hydrogen) atoms. The van der Waals surface area contributed by atoms with Gasteiger partial charge in [-0.25, -0.2) is 0 Å². The van der Waals surface area contributed by atoms with Crippen LogP contribution in [0, 0.1) is 0 Å². The molecule has 2 heterocycles. The van der Waals surface area contributed by atoms with Gasteiger partial charge in [-0.2, -0.15) is 0 Å². The van der Waals surface area contributed by atoms with Crippen molar-refractivity contribution in [2.75, 3.05) is 0 Å². The van der Waals surface area contributed by atoms with Crippen LogP contribution < -0.4 is 4.78 Å². The molecule has 0 bridgehead atoms. The first-order valence-electron chi connectivity index (χ1n) is 15.1. The smallest absolute Gasteiger partial charge is 0.423 e. The average molecular weight is 521 g/mol. The zero-order valence-corrected chi connectivity index (χ0v) is 24.6. The maximum absolute atomic E-state index is 10.0. The molecule has 2 nitrogen and oxygen atoms in total. The van der Waals surface area contributed by atoms with Crippen molar-refractivity contribution in [3.8, 4) is 0 Å². The molecule has 0 aliphatic heterocycles. The molecule has 0 atom stereocenters. The van der Waals surface area contributed by atoms with Crippen LogP contribution in [0.4, 0.5) is 0 Å². The van der Waals surface area contributed by atoms with Gasteiger partial charge in [0.05, 0.1) is 0 Å². The lowest BCUT2D eigenvalue weighted by Gasteiger charge is -2.04. The van der Waals surface area contributed by atoms with Gasteiger partial charge in [-0.05, 0) is 42.2 Å². The number of hydrogen-bond donors (Lipinski definition) is 2.